The lowest BCUT2D eigenvalue weighted by atomic mass is 9.91. The Kier molecular flexibility index (Phi) is 33.6. The molecule has 1 heterocycles. The molecule has 0 fully saturated rings. The zero-order valence-corrected chi connectivity index (χ0v) is 44.6. The highest BCUT2D eigenvalue weighted by Gasteiger charge is 2.63. The van der Waals surface area contributed by atoms with Crippen LogP contribution in [0.5, 0.6) is 0 Å². The Labute approximate surface area is 464 Å². The summed E-state index contributed by atoms with van der Waals surface area (Å²) in [7, 11) is 0. The summed E-state index contributed by atoms with van der Waals surface area (Å²) in [5.74, 6) is 0. The number of nitro groups is 4. The van der Waals surface area contributed by atoms with E-state index >= 15 is 0 Å². The normalized spacial score (nSPS) is 11.2. The highest BCUT2D eigenvalue weighted by atomic mass is 35.5. The predicted molar refractivity (Wildman–Crippen MR) is 251 cm³/mol. The monoisotopic (exact) mass is 1320 g/mol. The van der Waals surface area contributed by atoms with Crippen molar-refractivity contribution in [1.82, 2.24) is 0 Å². The molecule has 0 spiro atoms. The van der Waals surface area contributed by atoms with Gasteiger partial charge in [-0.3, -0.25) is 74.0 Å². The lowest BCUT2D eigenvalue weighted by Crippen LogP contribution is -2.52. The van der Waals surface area contributed by atoms with Gasteiger partial charge in [0.2, 0.25) is 21.0 Å². The van der Waals surface area contributed by atoms with Gasteiger partial charge in [0.1, 0.15) is 22.6 Å². The van der Waals surface area contributed by atoms with Crippen molar-refractivity contribution in [3.63, 3.8) is 0 Å². The van der Waals surface area contributed by atoms with Crippen LogP contribution in [0.15, 0.2) is 12.2 Å². The van der Waals surface area contributed by atoms with Crippen LogP contribution >= 0.6 is 174 Å². The Morgan fingerprint density at radius 2 is 0.732 bits per heavy atom. The molecule has 2 rings (SSSR count). The van der Waals surface area contributed by atoms with Crippen molar-refractivity contribution >= 4 is 210 Å². The number of allylic oxidation sites excluding steroid dienone is 2. The number of thiophene rings is 1. The van der Waals surface area contributed by atoms with E-state index in [-0.39, 0.29) is 62.6 Å². The highest BCUT2D eigenvalue weighted by molar-refractivity contribution is 7.20. The Hall–Kier alpha value is -2.41. The molecule has 71 heavy (non-hydrogen) atoms. The van der Waals surface area contributed by atoms with Crippen LogP contribution in [0.1, 0.15) is 81.1 Å². The van der Waals surface area contributed by atoms with Crippen molar-refractivity contribution in [3.05, 3.63) is 103 Å². The van der Waals surface area contributed by atoms with E-state index in [1.54, 1.807) is 0 Å². The molecule has 19 nitrogen and oxygen atoms in total. The molecule has 0 aliphatic heterocycles. The molecule has 40 heteroatoms. The Balaban J connectivity index is -0.000000873. The summed E-state index contributed by atoms with van der Waals surface area (Å²) >= 11 is 75.3. The van der Waals surface area contributed by atoms with E-state index in [1.165, 1.54) is 0 Å². The molecule has 0 N–H and O–H groups in total. The molecule has 0 bridgehead atoms. The zero-order chi connectivity index (χ0) is 56.9. The van der Waals surface area contributed by atoms with Crippen LogP contribution < -0.4 is 0 Å². The Morgan fingerprint density at radius 1 is 0.451 bits per heavy atom. The van der Waals surface area contributed by atoms with Gasteiger partial charge in [-0.25, -0.2) is 0 Å². The van der Waals surface area contributed by atoms with Crippen LogP contribution in [-0.4, -0.2) is 80.1 Å². The Bertz CT molecular complexity index is 2270. The minimum Gasteiger partial charge on any atom is -0.281 e. The van der Waals surface area contributed by atoms with Gasteiger partial charge in [0.15, 0.2) is 0 Å². The number of alkyl halides is 6. The van der Waals surface area contributed by atoms with Gasteiger partial charge in [-0.1, -0.05) is 81.2 Å². The third-order valence-electron chi connectivity index (χ3n) is 7.30. The topological polar surface area (TPSA) is 292 Å². The molecular formula is C31H18Cl14F6N4O15S. The van der Waals surface area contributed by atoms with Crippen LogP contribution in [-0.2, 0) is 19.2 Å². The van der Waals surface area contributed by atoms with Gasteiger partial charge in [-0.2, -0.15) is 26.3 Å². The predicted octanol–water partition coefficient (Wildman–Crippen LogP) is 14.5. The van der Waals surface area contributed by atoms with Gasteiger partial charge in [0.05, 0.1) is 79.7 Å². The summed E-state index contributed by atoms with van der Waals surface area (Å²) in [6.45, 7) is 0. The number of nitrogens with zero attached hydrogens (tertiary/aromatic N) is 4. The smallest absolute Gasteiger partial charge is 0.281 e. The molecule has 0 radical (unpaired) electrons. The van der Waals surface area contributed by atoms with Gasteiger partial charge in [-0.05, 0) is 81.2 Å². The first-order valence-corrected chi connectivity index (χ1v) is 22.8. The van der Waals surface area contributed by atoms with Crippen molar-refractivity contribution in [1.29, 1.82) is 0 Å². The van der Waals surface area contributed by atoms with E-state index in [9.17, 15) is 100 Å². The molecule has 0 saturated carbocycles. The van der Waals surface area contributed by atoms with Gasteiger partial charge < -0.3 is 0 Å². The first-order valence-electron chi connectivity index (χ1n) is 16.7. The molecule has 0 saturated heterocycles. The number of hydrogen-bond acceptors (Lipinski definition) is 16. The zero-order valence-electron chi connectivity index (χ0n) is 33.2. The van der Waals surface area contributed by atoms with E-state index in [1.807, 2.05) is 0 Å². The van der Waals surface area contributed by atoms with Gasteiger partial charge in [0, 0.05) is 31.4 Å². The summed E-state index contributed by atoms with van der Waals surface area (Å²) in [6.07, 6.45) is -16.6. The molecule has 0 amide bonds. The fourth-order valence-corrected chi connectivity index (χ4v) is 7.84. The molecule has 1 aromatic carbocycles. The minimum absolute atomic E-state index is 0.00926. The second-order valence-corrected chi connectivity index (χ2v) is 18.3. The van der Waals surface area contributed by atoms with Crippen molar-refractivity contribution in [2.24, 2.45) is 0 Å². The maximum absolute atomic E-state index is 11.2. The van der Waals surface area contributed by atoms with Crippen LogP contribution in [0.4, 0.5) is 26.3 Å². The fraction of sp³-hybridized carbons (Fsp3) is 0.387. The average molecular weight is 1330 g/mol. The van der Waals surface area contributed by atoms with E-state index in [0.717, 1.165) is 11.3 Å². The van der Waals surface area contributed by atoms with Crippen LogP contribution in [0.3, 0.4) is 0 Å². The van der Waals surface area contributed by atoms with Crippen molar-refractivity contribution in [2.75, 3.05) is 0 Å². The third-order valence-corrected chi connectivity index (χ3v) is 13.3. The van der Waals surface area contributed by atoms with Crippen LogP contribution in [0, 0.1) is 40.5 Å². The molecule has 0 atom stereocenters. The van der Waals surface area contributed by atoms with Crippen molar-refractivity contribution in [3.8, 4) is 0 Å². The van der Waals surface area contributed by atoms with Crippen molar-refractivity contribution in [2.45, 2.75) is 75.0 Å². The molecule has 2 aromatic rings. The van der Waals surface area contributed by atoms with E-state index in [4.69, 9.17) is 139 Å². The summed E-state index contributed by atoms with van der Waals surface area (Å²) in [5, 5.41) is 37.7. The summed E-state index contributed by atoms with van der Waals surface area (Å²) in [5.41, 5.74) is -6.33. The second kappa shape index (κ2) is 32.8. The fourth-order valence-electron chi connectivity index (χ4n) is 3.93. The SMILES string of the molecule is O=C(Cl)/C=C/C(F)(F)F.O=C(Cl)CCC(CCC(CCC(=O)Cl)([N+](=O)[O-])[N+](=O)[O-])([N+](=O)[O-])[N+](=O)[O-].O=C(Cl)CCC(F)(F)F.O=C(Cl)c1c(Cl)c(Cl)c(Cl)c(Cl)c1Cl.O=C(Cl)c1sc(C(=O)Cl)c(Cl)c1Cl. The maximum atomic E-state index is 11.2. The third kappa shape index (κ3) is 26.6. The van der Waals surface area contributed by atoms with E-state index < -0.39 is 131 Å². The quantitative estimate of drug-likeness (QED) is 0.0185. The Morgan fingerprint density at radius 3 is 0.901 bits per heavy atom. The lowest BCUT2D eigenvalue weighted by Gasteiger charge is -2.20. The number of benzene rings is 1. The summed E-state index contributed by atoms with van der Waals surface area (Å²) in [6, 6.07) is 0. The molecule has 398 valence electrons. The summed E-state index contributed by atoms with van der Waals surface area (Å²) in [4.78, 5) is 113. The number of halogens is 20. The molecule has 0 aliphatic carbocycles. The molecule has 1 aromatic heterocycles. The van der Waals surface area contributed by atoms with Gasteiger partial charge >= 0.3 is 23.7 Å². The number of hydrogen-bond donors (Lipinski definition) is 0. The van der Waals surface area contributed by atoms with Gasteiger partial charge in [-0.15, -0.1) is 11.3 Å². The molecular weight excluding hydrogens is 1310 g/mol. The minimum atomic E-state index is -4.45. The van der Waals surface area contributed by atoms with Crippen LogP contribution in [0.2, 0.25) is 35.2 Å². The highest BCUT2D eigenvalue weighted by Crippen LogP contribution is 2.44. The number of carbonyl (C=O) groups is 7. The first kappa shape index (κ1) is 72.8. The second-order valence-electron chi connectivity index (χ2n) is 12.0. The largest absolute Gasteiger partial charge is 0.459 e. The average Bonchev–Trinajstić information content (AvgIpc) is 3.52. The first-order chi connectivity index (χ1) is 32.0. The molecule has 0 unspecified atom stereocenters. The van der Waals surface area contributed by atoms with Crippen molar-refractivity contribution < 1.29 is 79.6 Å². The van der Waals surface area contributed by atoms with Gasteiger partial charge in [0.25, 0.3) is 15.7 Å². The standard InChI is InChI=1S/C10H12Cl2N4O10.C7Cl6O.C6Cl4O2S.C4H4ClF3O.C4H2ClF3O/c11-7(17)1-3-9(13(19)20,14(21)22)5-6-10(15(23)24,16(25)26)4-2-8(12)18;8-2-1(7(13)14)3(9)5(11)6(12)4(2)10;7-1-2(8)4(6(10)12)13-3(1)5(9)11;2*5-3(9)1-2-4(6,7)8/h1-6H2;;;1-2H2;1-2H/b;;;;2-1+. The number of rotatable bonds is 19. The van der Waals surface area contributed by atoms with E-state index in [0.29, 0.717) is 0 Å². The molecule has 0 aliphatic rings. The number of carbonyl (C=O) groups excluding carboxylic acids is 7. The van der Waals surface area contributed by atoms with E-state index in [2.05, 4.69) is 23.2 Å². The lowest BCUT2D eigenvalue weighted by molar-refractivity contribution is -0.816. The summed E-state index contributed by atoms with van der Waals surface area (Å²) < 4.78 is 67.0. The van der Waals surface area contributed by atoms with Crippen LogP contribution in [0.25, 0.3) is 0 Å². The maximum Gasteiger partial charge on any atom is 0.459 e.